The minimum Gasteiger partial charge on any atom is -0.488 e. The van der Waals surface area contributed by atoms with Crippen molar-refractivity contribution in [2.45, 2.75) is 47.3 Å². The fourth-order valence-electron chi connectivity index (χ4n) is 1.84. The van der Waals surface area contributed by atoms with E-state index in [-0.39, 0.29) is 6.10 Å². The van der Waals surface area contributed by atoms with E-state index in [1.807, 2.05) is 33.0 Å². The molecular formula is C16H28N2O2. The lowest BCUT2D eigenvalue weighted by Crippen LogP contribution is -2.22. The van der Waals surface area contributed by atoms with Crippen LogP contribution in [-0.4, -0.2) is 30.8 Å². The number of hydrogen-bond acceptors (Lipinski definition) is 4. The molecule has 0 aliphatic carbocycles. The Bertz CT molecular complexity index is 394. The molecule has 1 unspecified atom stereocenters. The first-order chi connectivity index (χ1) is 9.52. The summed E-state index contributed by atoms with van der Waals surface area (Å²) in [5.41, 5.74) is 2.07. The molecule has 1 aromatic heterocycles. The molecule has 0 fully saturated rings. The fourth-order valence-corrected chi connectivity index (χ4v) is 1.84. The average Bonchev–Trinajstić information content (AvgIpc) is 2.38. The van der Waals surface area contributed by atoms with Crippen molar-refractivity contribution in [3.05, 3.63) is 23.5 Å². The predicted molar refractivity (Wildman–Crippen MR) is 82.1 cm³/mol. The third kappa shape index (κ3) is 6.35. The van der Waals surface area contributed by atoms with Gasteiger partial charge in [0.15, 0.2) is 0 Å². The van der Waals surface area contributed by atoms with Crippen molar-refractivity contribution >= 4 is 0 Å². The van der Waals surface area contributed by atoms with Crippen LogP contribution < -0.4 is 10.1 Å². The molecule has 0 saturated heterocycles. The number of rotatable bonds is 9. The van der Waals surface area contributed by atoms with Gasteiger partial charge in [-0.05, 0) is 33.2 Å². The number of nitrogens with zero attached hydrogens (tertiary/aromatic N) is 1. The van der Waals surface area contributed by atoms with Crippen LogP contribution in [0.2, 0.25) is 0 Å². The normalized spacial score (nSPS) is 12.7. The Morgan fingerprint density at radius 2 is 2.05 bits per heavy atom. The molecule has 4 nitrogen and oxygen atoms in total. The van der Waals surface area contributed by atoms with Gasteiger partial charge in [-0.15, -0.1) is 0 Å². The summed E-state index contributed by atoms with van der Waals surface area (Å²) in [7, 11) is 0. The van der Waals surface area contributed by atoms with E-state index >= 15 is 0 Å². The number of pyridine rings is 1. The van der Waals surface area contributed by atoms with Gasteiger partial charge in [0.1, 0.15) is 11.9 Å². The van der Waals surface area contributed by atoms with E-state index in [0.717, 1.165) is 30.1 Å². The maximum Gasteiger partial charge on any atom is 0.127 e. The Morgan fingerprint density at radius 3 is 2.70 bits per heavy atom. The topological polar surface area (TPSA) is 43.4 Å². The molecule has 1 heterocycles. The molecule has 0 radical (unpaired) electrons. The van der Waals surface area contributed by atoms with Gasteiger partial charge < -0.3 is 14.8 Å². The van der Waals surface area contributed by atoms with Gasteiger partial charge in [-0.1, -0.05) is 13.8 Å². The molecule has 0 bridgehead atoms. The zero-order valence-electron chi connectivity index (χ0n) is 13.4. The quantitative estimate of drug-likeness (QED) is 0.755. The van der Waals surface area contributed by atoms with Gasteiger partial charge in [0.25, 0.3) is 0 Å². The zero-order valence-corrected chi connectivity index (χ0v) is 13.4. The molecule has 0 aliphatic rings. The van der Waals surface area contributed by atoms with Crippen molar-refractivity contribution in [3.63, 3.8) is 0 Å². The molecule has 20 heavy (non-hydrogen) atoms. The fraction of sp³-hybridized carbons (Fsp3) is 0.688. The predicted octanol–water partition coefficient (Wildman–Crippen LogP) is 2.94. The van der Waals surface area contributed by atoms with Crippen molar-refractivity contribution in [2.75, 3.05) is 19.8 Å². The maximum atomic E-state index is 5.98. The second-order valence-electron chi connectivity index (χ2n) is 5.55. The van der Waals surface area contributed by atoms with E-state index in [0.29, 0.717) is 19.1 Å². The average molecular weight is 280 g/mol. The minimum atomic E-state index is 0.0422. The highest BCUT2D eigenvalue weighted by Crippen LogP contribution is 2.20. The van der Waals surface area contributed by atoms with Gasteiger partial charge >= 0.3 is 0 Å². The zero-order chi connectivity index (χ0) is 15.0. The summed E-state index contributed by atoms with van der Waals surface area (Å²) < 4.78 is 11.4. The summed E-state index contributed by atoms with van der Waals surface area (Å²) in [6.07, 6.45) is 1.94. The molecule has 1 aromatic rings. The first-order valence-corrected chi connectivity index (χ1v) is 7.43. The number of aryl methyl sites for hydroxylation is 1. The lowest BCUT2D eigenvalue weighted by Gasteiger charge is -2.18. The van der Waals surface area contributed by atoms with Crippen LogP contribution in [0.25, 0.3) is 0 Å². The molecule has 4 heteroatoms. The summed E-state index contributed by atoms with van der Waals surface area (Å²) in [5, 5.41) is 3.43. The van der Waals surface area contributed by atoms with Crippen molar-refractivity contribution in [1.82, 2.24) is 10.3 Å². The van der Waals surface area contributed by atoms with Crippen LogP contribution in [-0.2, 0) is 11.3 Å². The second-order valence-corrected chi connectivity index (χ2v) is 5.55. The molecule has 0 aromatic carbocycles. The molecule has 0 spiro atoms. The van der Waals surface area contributed by atoms with Gasteiger partial charge in [-0.3, -0.25) is 4.98 Å². The highest BCUT2D eigenvalue weighted by atomic mass is 16.5. The molecule has 0 aliphatic heterocycles. The Kier molecular flexibility index (Phi) is 7.55. The van der Waals surface area contributed by atoms with E-state index in [1.54, 1.807) is 0 Å². The maximum absolute atomic E-state index is 5.98. The van der Waals surface area contributed by atoms with Crippen LogP contribution in [0.3, 0.4) is 0 Å². The summed E-state index contributed by atoms with van der Waals surface area (Å²) >= 11 is 0. The van der Waals surface area contributed by atoms with Crippen molar-refractivity contribution in [2.24, 2.45) is 5.92 Å². The summed E-state index contributed by atoms with van der Waals surface area (Å²) in [5.74, 6) is 1.54. The van der Waals surface area contributed by atoms with Gasteiger partial charge in [0.05, 0.1) is 6.61 Å². The Balaban J connectivity index is 2.64. The van der Waals surface area contributed by atoms with Gasteiger partial charge in [0, 0.05) is 36.7 Å². The third-order valence-corrected chi connectivity index (χ3v) is 2.83. The highest BCUT2D eigenvalue weighted by molar-refractivity contribution is 5.33. The van der Waals surface area contributed by atoms with Gasteiger partial charge in [-0.2, -0.15) is 0 Å². The molecule has 1 atom stereocenters. The van der Waals surface area contributed by atoms with Crippen LogP contribution in [0.4, 0.5) is 0 Å². The van der Waals surface area contributed by atoms with Gasteiger partial charge in [0.2, 0.25) is 0 Å². The number of ether oxygens (including phenoxy) is 2. The molecule has 114 valence electrons. The molecule has 0 amide bonds. The Hall–Kier alpha value is -1.13. The standard InChI is InChI=1S/C16H28N2O2/c1-6-19-11-14(5)20-16-7-13(4)18-10-15(16)9-17-8-12(2)3/h7,10,12,14,17H,6,8-9,11H2,1-5H3. The minimum absolute atomic E-state index is 0.0422. The van der Waals surface area contributed by atoms with E-state index in [9.17, 15) is 0 Å². The van der Waals surface area contributed by atoms with E-state index in [4.69, 9.17) is 9.47 Å². The first-order valence-electron chi connectivity index (χ1n) is 7.43. The van der Waals surface area contributed by atoms with E-state index < -0.39 is 0 Å². The molecule has 1 N–H and O–H groups in total. The summed E-state index contributed by atoms with van der Waals surface area (Å²) in [6.45, 7) is 13.5. The summed E-state index contributed by atoms with van der Waals surface area (Å²) in [4.78, 5) is 4.36. The molecular weight excluding hydrogens is 252 g/mol. The van der Waals surface area contributed by atoms with E-state index in [2.05, 4.69) is 24.1 Å². The van der Waals surface area contributed by atoms with Crippen LogP contribution in [0.5, 0.6) is 5.75 Å². The molecule has 0 saturated carbocycles. The number of hydrogen-bond donors (Lipinski definition) is 1. The van der Waals surface area contributed by atoms with Crippen molar-refractivity contribution < 1.29 is 9.47 Å². The highest BCUT2D eigenvalue weighted by Gasteiger charge is 2.10. The monoisotopic (exact) mass is 280 g/mol. The Morgan fingerprint density at radius 1 is 1.30 bits per heavy atom. The van der Waals surface area contributed by atoms with E-state index in [1.165, 1.54) is 0 Å². The Labute approximate surface area is 122 Å². The first kappa shape index (κ1) is 16.9. The largest absolute Gasteiger partial charge is 0.488 e. The smallest absolute Gasteiger partial charge is 0.127 e. The number of aromatic nitrogens is 1. The van der Waals surface area contributed by atoms with Crippen LogP contribution in [0.15, 0.2) is 12.3 Å². The second kappa shape index (κ2) is 8.93. The SMILES string of the molecule is CCOCC(C)Oc1cc(C)ncc1CNCC(C)C. The molecule has 1 rings (SSSR count). The van der Waals surface area contributed by atoms with Gasteiger partial charge in [-0.25, -0.2) is 0 Å². The summed E-state index contributed by atoms with van der Waals surface area (Å²) in [6, 6.07) is 1.99. The number of nitrogens with one attached hydrogen (secondary N) is 1. The van der Waals surface area contributed by atoms with Crippen LogP contribution >= 0.6 is 0 Å². The van der Waals surface area contributed by atoms with Crippen molar-refractivity contribution in [3.8, 4) is 5.75 Å². The van der Waals surface area contributed by atoms with Crippen LogP contribution in [0, 0.1) is 12.8 Å². The lowest BCUT2D eigenvalue weighted by atomic mass is 10.2. The third-order valence-electron chi connectivity index (χ3n) is 2.83. The lowest BCUT2D eigenvalue weighted by molar-refractivity contribution is 0.0651. The van der Waals surface area contributed by atoms with Crippen molar-refractivity contribution in [1.29, 1.82) is 0 Å². The van der Waals surface area contributed by atoms with Crippen LogP contribution in [0.1, 0.15) is 39.0 Å².